The van der Waals surface area contributed by atoms with Gasteiger partial charge in [0.2, 0.25) is 0 Å². The summed E-state index contributed by atoms with van der Waals surface area (Å²) in [6, 6.07) is 14.8. The van der Waals surface area contributed by atoms with E-state index in [1.807, 2.05) is 104 Å². The summed E-state index contributed by atoms with van der Waals surface area (Å²) in [4.78, 5) is 41.6. The Morgan fingerprint density at radius 2 is 0.477 bits per heavy atom. The molecule has 17 heteroatoms. The summed E-state index contributed by atoms with van der Waals surface area (Å²) in [5, 5.41) is 2.29. The molecule has 0 N–H and O–H groups in total. The minimum atomic E-state index is 0. The second-order valence-corrected chi connectivity index (χ2v) is 14.2. The van der Waals surface area contributed by atoms with E-state index >= 15 is 0 Å². The Morgan fingerprint density at radius 3 is 0.677 bits per heavy atom. The monoisotopic (exact) mass is 928 g/mol. The Hall–Kier alpha value is -6.74. The molecule has 9 rings (SSSR count). The van der Waals surface area contributed by atoms with Crippen LogP contribution in [0.25, 0.3) is 89.7 Å². The summed E-state index contributed by atoms with van der Waals surface area (Å²) in [5.74, 6) is 5.38. The van der Waals surface area contributed by atoms with Gasteiger partial charge in [-0.2, -0.15) is 0 Å². The van der Waals surface area contributed by atoms with Crippen LogP contribution in [0.4, 0.5) is 0 Å². The maximum atomic E-state index is 6.27. The Kier molecular flexibility index (Phi) is 13.2. The van der Waals surface area contributed by atoms with Crippen molar-refractivity contribution in [2.75, 3.05) is 52.9 Å². The van der Waals surface area contributed by atoms with Gasteiger partial charge < -0.3 is 67.8 Å². The summed E-state index contributed by atoms with van der Waals surface area (Å²) in [6.45, 7) is 18.4. The molecule has 4 aromatic carbocycles. The van der Waals surface area contributed by atoms with Crippen LogP contribution in [0.3, 0.4) is 0 Å². The third kappa shape index (κ3) is 7.85. The van der Waals surface area contributed by atoms with Crippen LogP contribution in [-0.4, -0.2) is 82.8 Å². The first-order valence-corrected chi connectivity index (χ1v) is 21.8. The molecular formula is C48H48N8O8Zn. The van der Waals surface area contributed by atoms with Crippen molar-refractivity contribution in [3.8, 4) is 91.5 Å². The third-order valence-corrected chi connectivity index (χ3v) is 10.4. The average molecular weight is 930 g/mol. The molecule has 7 aromatic rings. The molecule has 0 unspecified atom stereocenters. The van der Waals surface area contributed by atoms with Gasteiger partial charge in [0.05, 0.1) is 98.4 Å². The summed E-state index contributed by atoms with van der Waals surface area (Å²) >= 11 is 0. The van der Waals surface area contributed by atoms with Gasteiger partial charge in [-0.3, -0.25) is 0 Å². The number of rotatable bonds is 16. The average Bonchev–Trinajstić information content (AvgIpc) is 4.04. The number of aromatic nitrogens is 8. The second-order valence-electron chi connectivity index (χ2n) is 14.2. The number of fused-ring (bicyclic) bond motifs is 20. The van der Waals surface area contributed by atoms with Crippen LogP contribution in [0.2, 0.25) is 0 Å². The molecule has 0 saturated carbocycles. The Labute approximate surface area is 388 Å². The standard InChI is InChI=1S/C48H48N8O8.Zn/c1-9-57-25-17-18-26(58-10-2)34-33(25)41-49-42(34)54-44-37-29(61-13-5)21-22-30(62-14-6)38(37)46(51-44)56-48-40-32(64-16-8)24-23-31(63-15-7)39(40)47(52-48)55-45-36-28(60-12-4)20-19-27(59-11-3)35(36)43(50-45)53-41;/h17-24H,9-16H2,1-8H3;/q-2;+2. The van der Waals surface area contributed by atoms with Crippen molar-refractivity contribution in [1.29, 1.82) is 0 Å². The van der Waals surface area contributed by atoms with Gasteiger partial charge >= 0.3 is 19.5 Å². The molecule has 16 nitrogen and oxygen atoms in total. The summed E-state index contributed by atoms with van der Waals surface area (Å²) in [5.41, 5.74) is 3.40. The van der Waals surface area contributed by atoms with Crippen LogP contribution in [0, 0.1) is 0 Å². The van der Waals surface area contributed by atoms with E-state index in [2.05, 4.69) is 0 Å². The molecule has 0 radical (unpaired) electrons. The number of hydrogen-bond acceptors (Lipinski definition) is 14. The van der Waals surface area contributed by atoms with Crippen LogP contribution in [0.15, 0.2) is 48.5 Å². The molecule has 2 aliphatic heterocycles. The van der Waals surface area contributed by atoms with E-state index in [1.165, 1.54) is 0 Å². The van der Waals surface area contributed by atoms with Crippen LogP contribution >= 0.6 is 0 Å². The van der Waals surface area contributed by atoms with Gasteiger partial charge in [0.1, 0.15) is 46.0 Å². The first-order valence-electron chi connectivity index (χ1n) is 21.8. The summed E-state index contributed by atoms with van der Waals surface area (Å²) in [6.07, 6.45) is 0. The second kappa shape index (κ2) is 19.2. The van der Waals surface area contributed by atoms with Gasteiger partial charge in [-0.15, -0.1) is 0 Å². The van der Waals surface area contributed by atoms with Crippen molar-refractivity contribution in [2.45, 2.75) is 55.4 Å². The molecule has 0 spiro atoms. The molecule has 0 aliphatic carbocycles. The van der Waals surface area contributed by atoms with E-state index in [0.29, 0.717) is 143 Å². The Bertz CT molecular complexity index is 2700. The molecular weight excluding hydrogens is 882 g/mol. The van der Waals surface area contributed by atoms with E-state index in [-0.39, 0.29) is 65.4 Å². The van der Waals surface area contributed by atoms with Crippen molar-refractivity contribution in [1.82, 2.24) is 39.9 Å². The summed E-state index contributed by atoms with van der Waals surface area (Å²) < 4.78 is 50.1. The first kappa shape index (κ1) is 44.9. The number of benzene rings is 4. The summed E-state index contributed by atoms with van der Waals surface area (Å²) in [7, 11) is 0. The van der Waals surface area contributed by atoms with Gasteiger partial charge in [-0.05, 0) is 104 Å². The zero-order chi connectivity index (χ0) is 44.5. The van der Waals surface area contributed by atoms with Crippen molar-refractivity contribution >= 4 is 44.1 Å². The molecule has 0 amide bonds. The first-order chi connectivity index (χ1) is 31.4. The van der Waals surface area contributed by atoms with Crippen LogP contribution in [0.1, 0.15) is 55.4 Å². The normalized spacial score (nSPS) is 11.4. The molecule has 8 bridgehead atoms. The molecule has 3 aromatic heterocycles. The van der Waals surface area contributed by atoms with E-state index < -0.39 is 0 Å². The SMILES string of the molecule is CCOc1ccc(OCC)c2c1-c1nc-2nc2[n-]c(nc3nc(nc4[n-]c(n1)c1c(OCC)ccc(OCC)c41)-c1c(OCC)ccc(OCC)c1-3)c1c(OCC)ccc(OCC)c21.[Zn+2]. The molecule has 0 saturated heterocycles. The third-order valence-electron chi connectivity index (χ3n) is 10.4. The Morgan fingerprint density at radius 1 is 0.292 bits per heavy atom. The van der Waals surface area contributed by atoms with Crippen molar-refractivity contribution in [3.05, 3.63) is 48.5 Å². The van der Waals surface area contributed by atoms with Crippen LogP contribution in [-0.2, 0) is 19.5 Å². The molecule has 0 fully saturated rings. The van der Waals surface area contributed by atoms with Gasteiger partial charge in [0.15, 0.2) is 0 Å². The Balaban J connectivity index is 0.00000576. The maximum Gasteiger partial charge on any atom is 2.00 e. The predicted molar refractivity (Wildman–Crippen MR) is 243 cm³/mol. The minimum absolute atomic E-state index is 0. The quantitative estimate of drug-likeness (QED) is 0.0836. The molecule has 330 valence electrons. The van der Waals surface area contributed by atoms with Gasteiger partial charge in [-0.25, -0.2) is 9.97 Å². The predicted octanol–water partition coefficient (Wildman–Crippen LogP) is 9.31. The van der Waals surface area contributed by atoms with E-state index in [9.17, 15) is 0 Å². The van der Waals surface area contributed by atoms with E-state index in [4.69, 9.17) is 77.8 Å². The topological polar surface area (TPSA) is 179 Å². The van der Waals surface area contributed by atoms with Gasteiger partial charge in [0, 0.05) is 44.1 Å². The zero-order valence-electron chi connectivity index (χ0n) is 37.8. The van der Waals surface area contributed by atoms with Gasteiger partial charge in [0.25, 0.3) is 0 Å². The van der Waals surface area contributed by atoms with E-state index in [1.54, 1.807) is 0 Å². The minimum Gasteiger partial charge on any atom is -0.493 e. The van der Waals surface area contributed by atoms with Crippen molar-refractivity contribution in [2.24, 2.45) is 0 Å². The van der Waals surface area contributed by atoms with Crippen LogP contribution in [0.5, 0.6) is 46.0 Å². The fraction of sp³-hybridized carbons (Fsp3) is 0.333. The smallest absolute Gasteiger partial charge is 0.493 e. The van der Waals surface area contributed by atoms with E-state index in [0.717, 1.165) is 0 Å². The molecule has 5 heterocycles. The van der Waals surface area contributed by atoms with Crippen molar-refractivity contribution < 1.29 is 57.4 Å². The maximum absolute atomic E-state index is 6.27. The number of hydrogen-bond donors (Lipinski definition) is 0. The fourth-order valence-electron chi connectivity index (χ4n) is 8.14. The molecule has 2 aliphatic rings. The van der Waals surface area contributed by atoms with Crippen molar-refractivity contribution in [3.63, 3.8) is 0 Å². The fourth-order valence-corrected chi connectivity index (χ4v) is 8.14. The van der Waals surface area contributed by atoms with Crippen LogP contribution < -0.4 is 47.9 Å². The largest absolute Gasteiger partial charge is 2.00 e. The number of nitrogens with zero attached hydrogens (tertiary/aromatic N) is 8. The molecule has 65 heavy (non-hydrogen) atoms. The number of ether oxygens (including phenoxy) is 8. The molecule has 0 atom stereocenters. The van der Waals surface area contributed by atoms with Gasteiger partial charge in [-0.1, -0.05) is 0 Å². The zero-order valence-corrected chi connectivity index (χ0v) is 40.8.